The fraction of sp³-hybridized carbons (Fsp3) is 0.0588. The van der Waals surface area contributed by atoms with Gasteiger partial charge in [0.1, 0.15) is 22.6 Å². The number of phenols is 2. The maximum atomic E-state index is 12.9. The van der Waals surface area contributed by atoms with Crippen LogP contribution in [0.4, 0.5) is 10.1 Å². The van der Waals surface area contributed by atoms with Crippen LogP contribution >= 0.6 is 55.8 Å². The van der Waals surface area contributed by atoms with Crippen molar-refractivity contribution in [2.24, 2.45) is 0 Å². The number of alkyl halides is 1. The molecule has 1 aliphatic heterocycles. The van der Waals surface area contributed by atoms with Crippen molar-refractivity contribution in [1.29, 1.82) is 0 Å². The van der Waals surface area contributed by atoms with Gasteiger partial charge in [0.25, 0.3) is 5.91 Å². The summed E-state index contributed by atoms with van der Waals surface area (Å²) in [4.78, 5) is 14.4. The largest absolute Gasteiger partial charge is 0.506 e. The Labute approximate surface area is 175 Å². The van der Waals surface area contributed by atoms with Crippen molar-refractivity contribution in [3.8, 4) is 11.5 Å². The number of carbonyl (C=O) groups excluding carboxylic acids is 1. The van der Waals surface area contributed by atoms with Crippen LogP contribution in [0.3, 0.4) is 0 Å². The minimum absolute atomic E-state index is 0.115. The van der Waals surface area contributed by atoms with E-state index in [4.69, 9.17) is 12.2 Å². The molecule has 1 amide bonds. The highest BCUT2D eigenvalue weighted by atomic mass is 79.9. The Balaban J connectivity index is 2.00. The van der Waals surface area contributed by atoms with Crippen LogP contribution in [0.5, 0.6) is 11.5 Å². The molecule has 9 heteroatoms. The number of rotatable bonds is 3. The normalized spacial score (nSPS) is 16.0. The van der Waals surface area contributed by atoms with Crippen LogP contribution in [0, 0.1) is 0 Å². The summed E-state index contributed by atoms with van der Waals surface area (Å²) in [5, 5.41) is 20.0. The Morgan fingerprint density at radius 1 is 1.23 bits per heavy atom. The van der Waals surface area contributed by atoms with E-state index in [-0.39, 0.29) is 21.9 Å². The van der Waals surface area contributed by atoms with Crippen LogP contribution in [0.15, 0.2) is 44.2 Å². The molecule has 2 aromatic rings. The molecule has 0 aromatic heterocycles. The minimum atomic E-state index is -0.637. The van der Waals surface area contributed by atoms with E-state index in [1.807, 2.05) is 0 Å². The van der Waals surface area contributed by atoms with E-state index < -0.39 is 6.67 Å². The van der Waals surface area contributed by atoms with Gasteiger partial charge in [-0.3, -0.25) is 9.69 Å². The lowest BCUT2D eigenvalue weighted by Crippen LogP contribution is -2.27. The third-order valence-corrected chi connectivity index (χ3v) is 6.26. The standard InChI is InChI=1S/C17H10Br2FNO3S2/c18-11-5-9(14(22)13(19)15(11)23)6-12-16(24)21(17(25)26-12)10-3-1-2-8(4-10)7-20/h1-6,22-23H,7H2/b12-6-. The Morgan fingerprint density at radius 2 is 1.96 bits per heavy atom. The number of nitrogens with zero attached hydrogens (tertiary/aromatic N) is 1. The lowest BCUT2D eigenvalue weighted by molar-refractivity contribution is -0.113. The molecule has 0 saturated carbocycles. The molecule has 0 unspecified atom stereocenters. The van der Waals surface area contributed by atoms with Crippen LogP contribution in [0.25, 0.3) is 6.08 Å². The fourth-order valence-electron chi connectivity index (χ4n) is 2.34. The van der Waals surface area contributed by atoms with Gasteiger partial charge in [0, 0.05) is 5.56 Å². The molecule has 26 heavy (non-hydrogen) atoms. The number of carbonyl (C=O) groups is 1. The van der Waals surface area contributed by atoms with Crippen LogP contribution < -0.4 is 4.90 Å². The summed E-state index contributed by atoms with van der Waals surface area (Å²) in [6.07, 6.45) is 1.49. The molecule has 0 aliphatic carbocycles. The highest BCUT2D eigenvalue weighted by Crippen LogP contribution is 2.44. The average Bonchev–Trinajstić information content (AvgIpc) is 2.91. The molecule has 1 heterocycles. The maximum Gasteiger partial charge on any atom is 0.270 e. The second kappa shape index (κ2) is 7.67. The molecule has 0 atom stereocenters. The average molecular weight is 519 g/mol. The Hall–Kier alpha value is -1.42. The van der Waals surface area contributed by atoms with E-state index in [9.17, 15) is 19.4 Å². The first-order valence-corrected chi connectivity index (χ1v) is 9.97. The van der Waals surface area contributed by atoms with Crippen molar-refractivity contribution in [2.45, 2.75) is 6.67 Å². The Bertz CT molecular complexity index is 965. The smallest absolute Gasteiger partial charge is 0.270 e. The van der Waals surface area contributed by atoms with E-state index in [1.165, 1.54) is 17.0 Å². The zero-order chi connectivity index (χ0) is 19.0. The van der Waals surface area contributed by atoms with Gasteiger partial charge in [0.05, 0.1) is 15.1 Å². The molecule has 134 valence electrons. The van der Waals surface area contributed by atoms with Crippen molar-refractivity contribution in [1.82, 2.24) is 0 Å². The van der Waals surface area contributed by atoms with E-state index >= 15 is 0 Å². The summed E-state index contributed by atoms with van der Waals surface area (Å²) >= 11 is 12.7. The van der Waals surface area contributed by atoms with E-state index in [1.54, 1.807) is 24.3 Å². The van der Waals surface area contributed by atoms with Crippen molar-refractivity contribution in [3.63, 3.8) is 0 Å². The molecule has 1 aliphatic rings. The van der Waals surface area contributed by atoms with Gasteiger partial charge in [0.2, 0.25) is 0 Å². The number of thioether (sulfide) groups is 1. The van der Waals surface area contributed by atoms with Crippen LogP contribution in [0.2, 0.25) is 0 Å². The quantitative estimate of drug-likeness (QED) is 0.415. The molecular formula is C17H10Br2FNO3S2. The van der Waals surface area contributed by atoms with Crippen LogP contribution in [-0.4, -0.2) is 20.4 Å². The third-order valence-electron chi connectivity index (χ3n) is 3.60. The topological polar surface area (TPSA) is 60.8 Å². The summed E-state index contributed by atoms with van der Waals surface area (Å²) in [7, 11) is 0. The molecular weight excluding hydrogens is 509 g/mol. The van der Waals surface area contributed by atoms with E-state index in [0.29, 0.717) is 30.5 Å². The van der Waals surface area contributed by atoms with Gasteiger partial charge in [-0.1, -0.05) is 36.1 Å². The Morgan fingerprint density at radius 3 is 2.65 bits per heavy atom. The van der Waals surface area contributed by atoms with E-state index in [2.05, 4.69) is 31.9 Å². The summed E-state index contributed by atoms with van der Waals surface area (Å²) in [6.45, 7) is -0.637. The van der Waals surface area contributed by atoms with Gasteiger partial charge in [-0.2, -0.15) is 0 Å². The first kappa shape index (κ1) is 19.3. The molecule has 0 bridgehead atoms. The van der Waals surface area contributed by atoms with Crippen molar-refractivity contribution >= 4 is 77.8 Å². The molecule has 2 aromatic carbocycles. The van der Waals surface area contributed by atoms with Crippen LogP contribution in [-0.2, 0) is 11.5 Å². The molecule has 1 saturated heterocycles. The molecule has 0 spiro atoms. The number of anilines is 1. The number of halogens is 3. The number of benzene rings is 2. The zero-order valence-electron chi connectivity index (χ0n) is 12.9. The molecule has 0 radical (unpaired) electrons. The van der Waals surface area contributed by atoms with Crippen LogP contribution in [0.1, 0.15) is 11.1 Å². The molecule has 3 rings (SSSR count). The highest BCUT2D eigenvalue weighted by Gasteiger charge is 2.33. The van der Waals surface area contributed by atoms with Crippen molar-refractivity contribution < 1.29 is 19.4 Å². The number of phenolic OH excluding ortho intramolecular Hbond substituents is 2. The van der Waals surface area contributed by atoms with E-state index in [0.717, 1.165) is 11.8 Å². The number of hydrogen-bond donors (Lipinski definition) is 2. The Kier molecular flexibility index (Phi) is 5.71. The second-order valence-corrected chi connectivity index (χ2v) is 8.60. The number of hydrogen-bond acceptors (Lipinski definition) is 5. The first-order valence-electron chi connectivity index (χ1n) is 7.16. The van der Waals surface area contributed by atoms with Gasteiger partial charge in [-0.05, 0) is 61.7 Å². The van der Waals surface area contributed by atoms with Crippen molar-refractivity contribution in [2.75, 3.05) is 4.90 Å². The number of thiocarbonyl (C=S) groups is 1. The third kappa shape index (κ3) is 3.53. The predicted molar refractivity (Wildman–Crippen MR) is 112 cm³/mol. The van der Waals surface area contributed by atoms with Gasteiger partial charge < -0.3 is 10.2 Å². The fourth-order valence-corrected chi connectivity index (χ4v) is 4.78. The van der Waals surface area contributed by atoms with Gasteiger partial charge in [-0.15, -0.1) is 0 Å². The van der Waals surface area contributed by atoms with Gasteiger partial charge in [0.15, 0.2) is 4.32 Å². The monoisotopic (exact) mass is 517 g/mol. The highest BCUT2D eigenvalue weighted by molar-refractivity contribution is 9.11. The summed E-state index contributed by atoms with van der Waals surface area (Å²) < 4.78 is 13.7. The lowest BCUT2D eigenvalue weighted by Gasteiger charge is -2.15. The SMILES string of the molecule is O=C1/C(=C/c2cc(Br)c(O)c(Br)c2O)SC(=S)N1c1cccc(CF)c1. The van der Waals surface area contributed by atoms with Gasteiger partial charge in [-0.25, -0.2) is 4.39 Å². The molecule has 4 nitrogen and oxygen atoms in total. The first-order chi connectivity index (χ1) is 12.3. The minimum Gasteiger partial charge on any atom is -0.506 e. The summed E-state index contributed by atoms with van der Waals surface area (Å²) in [5.74, 6) is -0.707. The summed E-state index contributed by atoms with van der Waals surface area (Å²) in [6, 6.07) is 8.02. The molecule has 2 N–H and O–H groups in total. The number of amides is 1. The van der Waals surface area contributed by atoms with Gasteiger partial charge >= 0.3 is 0 Å². The second-order valence-electron chi connectivity index (χ2n) is 5.28. The molecule has 1 fully saturated rings. The predicted octanol–water partition coefficient (Wildman–Crippen LogP) is 5.50. The number of aromatic hydroxyl groups is 2. The lowest BCUT2D eigenvalue weighted by atomic mass is 10.1. The maximum absolute atomic E-state index is 12.9. The van der Waals surface area contributed by atoms with Crippen molar-refractivity contribution in [3.05, 3.63) is 55.3 Å². The summed E-state index contributed by atoms with van der Waals surface area (Å²) in [5.41, 5.74) is 1.27. The zero-order valence-corrected chi connectivity index (χ0v) is 17.7.